The van der Waals surface area contributed by atoms with Crippen LogP contribution in [0, 0.1) is 0 Å². The molecule has 0 aliphatic heterocycles. The molecule has 4 heteroatoms. The van der Waals surface area contributed by atoms with Crippen molar-refractivity contribution < 1.29 is 4.79 Å². The van der Waals surface area contributed by atoms with Crippen molar-refractivity contribution in [3.63, 3.8) is 0 Å². The molecule has 1 amide bonds. The van der Waals surface area contributed by atoms with Gasteiger partial charge in [0, 0.05) is 24.5 Å². The van der Waals surface area contributed by atoms with Crippen LogP contribution < -0.4 is 0 Å². The normalized spacial score (nSPS) is 14.7. The zero-order chi connectivity index (χ0) is 18.3. The van der Waals surface area contributed by atoms with Gasteiger partial charge in [0.1, 0.15) is 0 Å². The SMILES string of the molecule is CN(C)C(=O)c1c2c(nc3ccccc13)/C(=C\c1ccc(Cl)cc1)CC2. The zero-order valence-corrected chi connectivity index (χ0v) is 15.5. The van der Waals surface area contributed by atoms with Crippen molar-refractivity contribution in [2.24, 2.45) is 0 Å². The first-order chi connectivity index (χ1) is 12.5. The summed E-state index contributed by atoms with van der Waals surface area (Å²) in [6, 6.07) is 15.7. The van der Waals surface area contributed by atoms with Gasteiger partial charge in [-0.2, -0.15) is 0 Å². The fraction of sp³-hybridized carbons (Fsp3) is 0.182. The smallest absolute Gasteiger partial charge is 0.254 e. The Hall–Kier alpha value is -2.65. The van der Waals surface area contributed by atoms with E-state index in [9.17, 15) is 4.79 Å². The van der Waals surface area contributed by atoms with Gasteiger partial charge < -0.3 is 4.90 Å². The summed E-state index contributed by atoms with van der Waals surface area (Å²) >= 11 is 5.98. The lowest BCUT2D eigenvalue weighted by Crippen LogP contribution is -2.23. The second-order valence-corrected chi connectivity index (χ2v) is 7.19. The number of hydrogen-bond acceptors (Lipinski definition) is 2. The van der Waals surface area contributed by atoms with Crippen LogP contribution in [-0.2, 0) is 6.42 Å². The molecule has 0 bridgehead atoms. The molecule has 26 heavy (non-hydrogen) atoms. The molecular weight excluding hydrogens is 344 g/mol. The zero-order valence-electron chi connectivity index (χ0n) is 14.8. The number of amides is 1. The number of nitrogens with zero attached hydrogens (tertiary/aromatic N) is 2. The van der Waals surface area contributed by atoms with Gasteiger partial charge in [0.25, 0.3) is 5.91 Å². The lowest BCUT2D eigenvalue weighted by molar-refractivity contribution is 0.0828. The number of aromatic nitrogens is 1. The maximum atomic E-state index is 12.9. The summed E-state index contributed by atoms with van der Waals surface area (Å²) < 4.78 is 0. The third kappa shape index (κ3) is 2.89. The molecule has 0 radical (unpaired) electrons. The molecule has 130 valence electrons. The Labute approximate surface area is 157 Å². The highest BCUT2D eigenvalue weighted by molar-refractivity contribution is 6.30. The molecule has 0 saturated carbocycles. The fourth-order valence-electron chi connectivity index (χ4n) is 3.51. The second-order valence-electron chi connectivity index (χ2n) is 6.75. The number of para-hydroxylation sites is 1. The van der Waals surface area contributed by atoms with Crippen molar-refractivity contribution >= 4 is 40.1 Å². The third-order valence-corrected chi connectivity index (χ3v) is 5.02. The van der Waals surface area contributed by atoms with Crippen LogP contribution in [0.1, 0.15) is 33.6 Å². The predicted octanol–water partition coefficient (Wildman–Crippen LogP) is 5.08. The van der Waals surface area contributed by atoms with Crippen molar-refractivity contribution in [1.82, 2.24) is 9.88 Å². The molecule has 4 rings (SSSR count). The maximum Gasteiger partial charge on any atom is 0.254 e. The molecule has 3 aromatic rings. The number of hydrogen-bond donors (Lipinski definition) is 0. The van der Waals surface area contributed by atoms with Gasteiger partial charge in [0.05, 0.1) is 16.8 Å². The average Bonchev–Trinajstić information content (AvgIpc) is 3.03. The number of benzene rings is 2. The Morgan fingerprint density at radius 3 is 2.54 bits per heavy atom. The van der Waals surface area contributed by atoms with E-state index in [2.05, 4.69) is 6.08 Å². The summed E-state index contributed by atoms with van der Waals surface area (Å²) in [6.07, 6.45) is 3.87. The van der Waals surface area contributed by atoms with Gasteiger partial charge in [0.15, 0.2) is 0 Å². The minimum atomic E-state index is 0.0348. The third-order valence-electron chi connectivity index (χ3n) is 4.77. The van der Waals surface area contributed by atoms with Gasteiger partial charge in [-0.25, -0.2) is 4.98 Å². The molecule has 2 aromatic carbocycles. The topological polar surface area (TPSA) is 33.2 Å². The van der Waals surface area contributed by atoms with E-state index < -0.39 is 0 Å². The molecule has 3 nitrogen and oxygen atoms in total. The first-order valence-electron chi connectivity index (χ1n) is 8.64. The largest absolute Gasteiger partial charge is 0.345 e. The van der Waals surface area contributed by atoms with Crippen molar-refractivity contribution in [3.8, 4) is 0 Å². The molecule has 1 aliphatic carbocycles. The van der Waals surface area contributed by atoms with Crippen LogP contribution in [0.4, 0.5) is 0 Å². The molecule has 0 fully saturated rings. The summed E-state index contributed by atoms with van der Waals surface area (Å²) in [6.45, 7) is 0. The average molecular weight is 363 g/mol. The number of halogens is 1. The van der Waals surface area contributed by atoms with Crippen LogP contribution in [-0.4, -0.2) is 29.9 Å². The number of rotatable bonds is 2. The minimum absolute atomic E-state index is 0.0348. The monoisotopic (exact) mass is 362 g/mol. The van der Waals surface area contributed by atoms with Gasteiger partial charge in [-0.1, -0.05) is 41.9 Å². The van der Waals surface area contributed by atoms with E-state index in [1.807, 2.05) is 48.5 Å². The van der Waals surface area contributed by atoms with Crippen LogP contribution in [0.5, 0.6) is 0 Å². The van der Waals surface area contributed by atoms with Gasteiger partial charge in [-0.3, -0.25) is 4.79 Å². The molecule has 0 spiro atoms. The molecule has 0 atom stereocenters. The molecule has 0 unspecified atom stereocenters. The molecule has 0 saturated heterocycles. The van der Waals surface area contributed by atoms with Crippen LogP contribution in [0.25, 0.3) is 22.6 Å². The quantitative estimate of drug-likeness (QED) is 0.637. The van der Waals surface area contributed by atoms with E-state index in [0.29, 0.717) is 0 Å². The molecule has 1 heterocycles. The van der Waals surface area contributed by atoms with Crippen LogP contribution >= 0.6 is 11.6 Å². The van der Waals surface area contributed by atoms with Gasteiger partial charge in [0.2, 0.25) is 0 Å². The summed E-state index contributed by atoms with van der Waals surface area (Å²) in [4.78, 5) is 19.4. The van der Waals surface area contributed by atoms with E-state index in [-0.39, 0.29) is 5.91 Å². The van der Waals surface area contributed by atoms with Gasteiger partial charge in [-0.05, 0) is 53.8 Å². The standard InChI is InChI=1S/C22H19ClN2O/c1-25(2)22(26)20-17-5-3-4-6-19(17)24-21-15(9-12-18(20)21)13-14-7-10-16(23)11-8-14/h3-8,10-11,13H,9,12H2,1-2H3/b15-13-. The van der Waals surface area contributed by atoms with Crippen LogP contribution in [0.2, 0.25) is 5.02 Å². The van der Waals surface area contributed by atoms with Crippen molar-refractivity contribution in [2.45, 2.75) is 12.8 Å². The van der Waals surface area contributed by atoms with E-state index in [1.165, 1.54) is 5.57 Å². The number of allylic oxidation sites excluding steroid dienone is 1. The summed E-state index contributed by atoms with van der Waals surface area (Å²) in [5.41, 5.74) is 5.91. The van der Waals surface area contributed by atoms with E-state index in [0.717, 1.165) is 51.2 Å². The summed E-state index contributed by atoms with van der Waals surface area (Å²) in [7, 11) is 3.59. The second kappa shape index (κ2) is 6.58. The Morgan fingerprint density at radius 2 is 1.81 bits per heavy atom. The number of pyridine rings is 1. The lowest BCUT2D eigenvalue weighted by Gasteiger charge is -2.16. The van der Waals surface area contributed by atoms with Crippen LogP contribution in [0.3, 0.4) is 0 Å². The predicted molar refractivity (Wildman–Crippen MR) is 107 cm³/mol. The van der Waals surface area contributed by atoms with Crippen LogP contribution in [0.15, 0.2) is 48.5 Å². The minimum Gasteiger partial charge on any atom is -0.345 e. The van der Waals surface area contributed by atoms with E-state index >= 15 is 0 Å². The van der Waals surface area contributed by atoms with Crippen molar-refractivity contribution in [1.29, 1.82) is 0 Å². The first kappa shape index (κ1) is 16.8. The Bertz CT molecular complexity index is 1040. The lowest BCUT2D eigenvalue weighted by atomic mass is 9.99. The summed E-state index contributed by atoms with van der Waals surface area (Å²) in [5, 5.41) is 1.65. The Balaban J connectivity index is 1.92. The number of carbonyl (C=O) groups is 1. The molecule has 1 aliphatic rings. The highest BCUT2D eigenvalue weighted by atomic mass is 35.5. The van der Waals surface area contributed by atoms with E-state index in [1.54, 1.807) is 19.0 Å². The molecular formula is C22H19ClN2O. The number of fused-ring (bicyclic) bond motifs is 2. The number of carbonyl (C=O) groups excluding carboxylic acids is 1. The van der Waals surface area contributed by atoms with Crippen molar-refractivity contribution in [2.75, 3.05) is 14.1 Å². The Morgan fingerprint density at radius 1 is 1.08 bits per heavy atom. The van der Waals surface area contributed by atoms with E-state index in [4.69, 9.17) is 16.6 Å². The van der Waals surface area contributed by atoms with Gasteiger partial charge >= 0.3 is 0 Å². The highest BCUT2D eigenvalue weighted by Gasteiger charge is 2.27. The Kier molecular flexibility index (Phi) is 4.25. The molecule has 1 aromatic heterocycles. The fourth-order valence-corrected chi connectivity index (χ4v) is 3.63. The maximum absolute atomic E-state index is 12.9. The highest BCUT2D eigenvalue weighted by Crippen LogP contribution is 2.37. The van der Waals surface area contributed by atoms with Crippen molar-refractivity contribution in [3.05, 3.63) is 75.9 Å². The summed E-state index contributed by atoms with van der Waals surface area (Å²) in [5.74, 6) is 0.0348. The van der Waals surface area contributed by atoms with Gasteiger partial charge in [-0.15, -0.1) is 0 Å². The first-order valence-corrected chi connectivity index (χ1v) is 9.02. The molecule has 0 N–H and O–H groups in total.